The van der Waals surface area contributed by atoms with Crippen molar-refractivity contribution in [2.24, 2.45) is 0 Å². The summed E-state index contributed by atoms with van der Waals surface area (Å²) in [5.41, 5.74) is 3.05. The van der Waals surface area contributed by atoms with E-state index in [1.54, 1.807) is 0 Å². The molecule has 1 aromatic carbocycles. The van der Waals surface area contributed by atoms with E-state index in [4.69, 9.17) is 0 Å². The van der Waals surface area contributed by atoms with Crippen LogP contribution in [0.1, 0.15) is 58.2 Å². The zero-order valence-corrected chi connectivity index (χ0v) is 15.7. The van der Waals surface area contributed by atoms with E-state index in [9.17, 15) is 5.11 Å². The van der Waals surface area contributed by atoms with Crippen LogP contribution in [0.2, 0.25) is 0 Å². The van der Waals surface area contributed by atoms with Crippen molar-refractivity contribution in [3.63, 3.8) is 0 Å². The summed E-state index contributed by atoms with van der Waals surface area (Å²) in [7, 11) is 0. The summed E-state index contributed by atoms with van der Waals surface area (Å²) in [6.45, 7) is 23.0. The van der Waals surface area contributed by atoms with Gasteiger partial charge < -0.3 is 5.11 Å². The summed E-state index contributed by atoms with van der Waals surface area (Å²) in [6, 6.07) is 4.29. The summed E-state index contributed by atoms with van der Waals surface area (Å²) in [6.07, 6.45) is 3.83. The molecule has 0 unspecified atom stereocenters. The van der Waals surface area contributed by atoms with Crippen LogP contribution in [0.5, 0.6) is 5.75 Å². The maximum absolute atomic E-state index is 10.8. The molecule has 0 amide bonds. The van der Waals surface area contributed by atoms with Gasteiger partial charge in [0, 0.05) is 19.6 Å². The van der Waals surface area contributed by atoms with Gasteiger partial charge in [-0.3, -0.25) is 4.90 Å². The zero-order chi connectivity index (χ0) is 17.8. The molecular formula is C21H33NO. The molecule has 0 saturated heterocycles. The normalized spacial score (nSPS) is 12.5. The fourth-order valence-corrected chi connectivity index (χ4v) is 2.76. The topological polar surface area (TPSA) is 23.5 Å². The Bertz CT molecular complexity index is 513. The number of hydrogen-bond donors (Lipinski definition) is 1. The smallest absolute Gasteiger partial charge is 0.123 e. The van der Waals surface area contributed by atoms with E-state index in [0.29, 0.717) is 5.75 Å². The van der Waals surface area contributed by atoms with Crippen LogP contribution in [0, 0.1) is 0 Å². The lowest BCUT2D eigenvalue weighted by molar-refractivity contribution is 0.326. The molecule has 0 aliphatic heterocycles. The van der Waals surface area contributed by atoms with Crippen molar-refractivity contribution in [3.05, 3.63) is 54.1 Å². The first-order valence-electron chi connectivity index (χ1n) is 8.31. The van der Waals surface area contributed by atoms with Gasteiger partial charge in [0.25, 0.3) is 0 Å². The average molecular weight is 316 g/mol. The van der Waals surface area contributed by atoms with E-state index in [-0.39, 0.29) is 10.8 Å². The average Bonchev–Trinajstić information content (AvgIpc) is 2.38. The van der Waals surface area contributed by atoms with Gasteiger partial charge in [0.05, 0.1) is 0 Å². The number of nitrogens with zero attached hydrogens (tertiary/aromatic N) is 1. The van der Waals surface area contributed by atoms with Crippen LogP contribution in [0.4, 0.5) is 0 Å². The second-order valence-corrected chi connectivity index (χ2v) is 8.31. The quantitative estimate of drug-likeness (QED) is 0.733. The molecule has 0 heterocycles. The Morgan fingerprint density at radius 1 is 0.913 bits per heavy atom. The van der Waals surface area contributed by atoms with E-state index in [2.05, 4.69) is 71.7 Å². The van der Waals surface area contributed by atoms with Gasteiger partial charge in [-0.15, -0.1) is 13.2 Å². The Labute approximate surface area is 142 Å². The zero-order valence-electron chi connectivity index (χ0n) is 15.7. The van der Waals surface area contributed by atoms with Crippen molar-refractivity contribution in [1.29, 1.82) is 0 Å². The minimum atomic E-state index is -0.0954. The van der Waals surface area contributed by atoms with Gasteiger partial charge in [-0.05, 0) is 27.5 Å². The Kier molecular flexibility index (Phi) is 6.24. The largest absolute Gasteiger partial charge is 0.507 e. The minimum Gasteiger partial charge on any atom is -0.507 e. The van der Waals surface area contributed by atoms with E-state index >= 15 is 0 Å². The Balaban J connectivity index is 3.37. The maximum Gasteiger partial charge on any atom is 0.123 e. The Hall–Kier alpha value is -1.54. The number of hydrogen-bond acceptors (Lipinski definition) is 2. The summed E-state index contributed by atoms with van der Waals surface area (Å²) >= 11 is 0. The molecule has 0 fully saturated rings. The predicted molar refractivity (Wildman–Crippen MR) is 101 cm³/mol. The van der Waals surface area contributed by atoms with Crippen LogP contribution >= 0.6 is 0 Å². The molecule has 2 heteroatoms. The van der Waals surface area contributed by atoms with Crippen LogP contribution in [-0.4, -0.2) is 23.1 Å². The Morgan fingerprint density at radius 2 is 1.30 bits per heavy atom. The van der Waals surface area contributed by atoms with E-state index in [1.807, 2.05) is 12.2 Å². The third-order valence-corrected chi connectivity index (χ3v) is 3.97. The fourth-order valence-electron chi connectivity index (χ4n) is 2.76. The number of rotatable bonds is 6. The van der Waals surface area contributed by atoms with Gasteiger partial charge in [-0.25, -0.2) is 0 Å². The summed E-state index contributed by atoms with van der Waals surface area (Å²) < 4.78 is 0. The van der Waals surface area contributed by atoms with Crippen LogP contribution in [0.3, 0.4) is 0 Å². The lowest BCUT2D eigenvalue weighted by Gasteiger charge is -2.29. The fraction of sp³-hybridized carbons (Fsp3) is 0.524. The molecule has 23 heavy (non-hydrogen) atoms. The maximum atomic E-state index is 10.8. The van der Waals surface area contributed by atoms with Crippen molar-refractivity contribution in [2.45, 2.75) is 58.9 Å². The predicted octanol–water partition coefficient (Wildman–Crippen LogP) is 5.16. The molecule has 0 radical (unpaired) electrons. The van der Waals surface area contributed by atoms with Gasteiger partial charge in [0.1, 0.15) is 5.75 Å². The molecule has 0 aromatic heterocycles. The van der Waals surface area contributed by atoms with Crippen molar-refractivity contribution in [1.82, 2.24) is 4.90 Å². The van der Waals surface area contributed by atoms with Gasteiger partial charge >= 0.3 is 0 Å². The number of phenolic OH excluding ortho intramolecular Hbond substituents is 1. The summed E-state index contributed by atoms with van der Waals surface area (Å²) in [5.74, 6) is 0.438. The van der Waals surface area contributed by atoms with Gasteiger partial charge in [-0.2, -0.15) is 0 Å². The summed E-state index contributed by atoms with van der Waals surface area (Å²) in [5, 5.41) is 10.8. The van der Waals surface area contributed by atoms with Crippen LogP contribution in [0.25, 0.3) is 0 Å². The molecule has 0 spiro atoms. The molecule has 2 nitrogen and oxygen atoms in total. The lowest BCUT2D eigenvalue weighted by Crippen LogP contribution is -2.24. The number of aromatic hydroxyl groups is 1. The van der Waals surface area contributed by atoms with Gasteiger partial charge in [0.15, 0.2) is 0 Å². The molecule has 128 valence electrons. The molecule has 0 saturated carbocycles. The standard InChI is InChI=1S/C21H33NO/c1-9-11-22(12-10-2)15-16-13-17(20(3,4)5)19(23)18(14-16)21(6,7)8/h9-10,13-14,23H,1-2,11-12,15H2,3-8H3. The van der Waals surface area contributed by atoms with E-state index < -0.39 is 0 Å². The van der Waals surface area contributed by atoms with Crippen molar-refractivity contribution in [3.8, 4) is 5.75 Å². The summed E-state index contributed by atoms with van der Waals surface area (Å²) in [4.78, 5) is 2.28. The van der Waals surface area contributed by atoms with Crippen LogP contribution in [-0.2, 0) is 17.4 Å². The van der Waals surface area contributed by atoms with Crippen molar-refractivity contribution < 1.29 is 5.11 Å². The first-order chi connectivity index (χ1) is 10.5. The van der Waals surface area contributed by atoms with E-state index in [0.717, 1.165) is 30.8 Å². The first kappa shape index (κ1) is 19.5. The van der Waals surface area contributed by atoms with Crippen LogP contribution < -0.4 is 0 Å². The second kappa shape index (κ2) is 7.35. The molecule has 1 rings (SSSR count). The van der Waals surface area contributed by atoms with Crippen molar-refractivity contribution in [2.75, 3.05) is 13.1 Å². The molecule has 0 aliphatic carbocycles. The number of benzene rings is 1. The lowest BCUT2D eigenvalue weighted by atomic mass is 9.78. The molecule has 1 N–H and O–H groups in total. The van der Waals surface area contributed by atoms with Crippen LogP contribution in [0.15, 0.2) is 37.4 Å². The third kappa shape index (κ3) is 5.24. The van der Waals surface area contributed by atoms with Gasteiger partial charge in [-0.1, -0.05) is 65.8 Å². The molecule has 1 aromatic rings. The molecule has 0 bridgehead atoms. The number of phenols is 1. The highest BCUT2D eigenvalue weighted by Crippen LogP contribution is 2.39. The molecule has 0 atom stereocenters. The molecular weight excluding hydrogens is 282 g/mol. The monoisotopic (exact) mass is 315 g/mol. The highest BCUT2D eigenvalue weighted by molar-refractivity contribution is 5.49. The third-order valence-electron chi connectivity index (χ3n) is 3.97. The Morgan fingerprint density at radius 3 is 1.61 bits per heavy atom. The first-order valence-corrected chi connectivity index (χ1v) is 8.31. The highest BCUT2D eigenvalue weighted by atomic mass is 16.3. The molecule has 0 aliphatic rings. The van der Waals surface area contributed by atoms with Gasteiger partial charge in [0.2, 0.25) is 0 Å². The highest BCUT2D eigenvalue weighted by Gasteiger charge is 2.26. The van der Waals surface area contributed by atoms with E-state index in [1.165, 1.54) is 5.56 Å². The minimum absolute atomic E-state index is 0.0954. The van der Waals surface area contributed by atoms with Crippen molar-refractivity contribution >= 4 is 0 Å². The second-order valence-electron chi connectivity index (χ2n) is 8.31. The SMILES string of the molecule is C=CCN(CC=C)Cc1cc(C(C)(C)C)c(O)c(C(C)(C)C)c1.